The number of nitrogens with one attached hydrogen (secondary N) is 1. The lowest BCUT2D eigenvalue weighted by Gasteiger charge is -2.08. The second kappa shape index (κ2) is 5.12. The van der Waals surface area contributed by atoms with Gasteiger partial charge in [-0.1, -0.05) is 0 Å². The fourth-order valence-corrected chi connectivity index (χ4v) is 3.24. The van der Waals surface area contributed by atoms with Crippen molar-refractivity contribution in [3.63, 3.8) is 0 Å². The van der Waals surface area contributed by atoms with Gasteiger partial charge in [0.15, 0.2) is 10.8 Å². The minimum absolute atomic E-state index is 0.0430. The normalized spacial score (nSPS) is 26.2. The van der Waals surface area contributed by atoms with E-state index in [9.17, 15) is 22.2 Å². The van der Waals surface area contributed by atoms with Crippen LogP contribution < -0.4 is 5.32 Å². The summed E-state index contributed by atoms with van der Waals surface area (Å²) in [6.07, 6.45) is 3.31. The summed E-state index contributed by atoms with van der Waals surface area (Å²) < 4.78 is 48.1. The lowest BCUT2D eigenvalue weighted by atomic mass is 10.2. The summed E-state index contributed by atoms with van der Waals surface area (Å²) in [5.74, 6) is 1.15. The highest BCUT2D eigenvalue weighted by atomic mass is 32.2. The van der Waals surface area contributed by atoms with Crippen LogP contribution in [0.4, 0.5) is 18.9 Å². The molecule has 21 heavy (non-hydrogen) atoms. The van der Waals surface area contributed by atoms with Crippen LogP contribution >= 0.6 is 0 Å². The van der Waals surface area contributed by atoms with E-state index in [1.54, 1.807) is 0 Å². The summed E-state index contributed by atoms with van der Waals surface area (Å²) in [7, 11) is -3.03. The molecule has 3 nitrogen and oxygen atoms in total. The minimum atomic E-state index is -4.77. The van der Waals surface area contributed by atoms with E-state index < -0.39 is 16.3 Å². The molecule has 1 amide bonds. The van der Waals surface area contributed by atoms with Gasteiger partial charge in [-0.3, -0.25) is 4.79 Å². The van der Waals surface area contributed by atoms with Crippen LogP contribution in [-0.2, 0) is 15.6 Å². The highest BCUT2D eigenvalue weighted by Gasteiger charge is 2.51. The average Bonchev–Trinajstić information content (AvgIpc) is 3.27. The molecule has 0 unspecified atom stereocenters. The third kappa shape index (κ3) is 3.28. The standard InChI is InChI=1S/C14H14F3NO2S/c15-14(16,17)21(20)10-5-3-9(4-6-10)18-13(19)12-7-11(12)8-1-2-8/h3-6,8,11-12H,1-2,7H2,(H,18,19)/t11-,12-,21+/m1/s1. The van der Waals surface area contributed by atoms with Gasteiger partial charge in [-0.05, 0) is 55.4 Å². The van der Waals surface area contributed by atoms with Crippen molar-refractivity contribution in [2.24, 2.45) is 17.8 Å². The molecule has 3 atom stereocenters. The maximum absolute atomic E-state index is 12.3. The summed E-state index contributed by atoms with van der Waals surface area (Å²) in [5.41, 5.74) is -4.33. The van der Waals surface area contributed by atoms with Crippen LogP contribution in [0.1, 0.15) is 19.3 Å². The molecule has 2 aliphatic carbocycles. The van der Waals surface area contributed by atoms with Crippen LogP contribution in [-0.4, -0.2) is 15.6 Å². The van der Waals surface area contributed by atoms with E-state index in [1.807, 2.05) is 0 Å². The van der Waals surface area contributed by atoms with Crippen LogP contribution in [0.5, 0.6) is 0 Å². The number of carbonyl (C=O) groups excluding carboxylic acids is 1. The first kappa shape index (κ1) is 14.6. The fourth-order valence-electron chi connectivity index (χ4n) is 2.59. The Hall–Kier alpha value is -1.37. The van der Waals surface area contributed by atoms with E-state index in [4.69, 9.17) is 0 Å². The fraction of sp³-hybridized carbons (Fsp3) is 0.500. The number of alkyl halides is 3. The Bertz CT molecular complexity index is 581. The lowest BCUT2D eigenvalue weighted by Crippen LogP contribution is -2.17. The first-order valence-electron chi connectivity index (χ1n) is 6.76. The van der Waals surface area contributed by atoms with Gasteiger partial charge in [0.1, 0.15) is 0 Å². The number of anilines is 1. The van der Waals surface area contributed by atoms with Crippen molar-refractivity contribution < 1.29 is 22.2 Å². The molecule has 114 valence electrons. The molecule has 1 aromatic rings. The van der Waals surface area contributed by atoms with E-state index in [-0.39, 0.29) is 16.7 Å². The van der Waals surface area contributed by atoms with Crippen LogP contribution in [0.2, 0.25) is 0 Å². The van der Waals surface area contributed by atoms with Gasteiger partial charge >= 0.3 is 5.51 Å². The van der Waals surface area contributed by atoms with Gasteiger partial charge in [0.25, 0.3) is 0 Å². The summed E-state index contributed by atoms with van der Waals surface area (Å²) in [6.45, 7) is 0. The average molecular weight is 317 g/mol. The number of benzene rings is 1. The van der Waals surface area contributed by atoms with Gasteiger partial charge in [0.2, 0.25) is 5.91 Å². The number of rotatable bonds is 4. The second-order valence-corrected chi connectivity index (χ2v) is 7.04. The highest BCUT2D eigenvalue weighted by molar-refractivity contribution is 7.86. The summed E-state index contributed by atoms with van der Waals surface area (Å²) in [5, 5.41) is 2.70. The largest absolute Gasteiger partial charge is 0.475 e. The zero-order valence-electron chi connectivity index (χ0n) is 11.0. The highest BCUT2D eigenvalue weighted by Crippen LogP contribution is 2.54. The third-order valence-corrected chi connectivity index (χ3v) is 5.07. The van der Waals surface area contributed by atoms with E-state index in [2.05, 4.69) is 5.32 Å². The van der Waals surface area contributed by atoms with Gasteiger partial charge in [-0.15, -0.1) is 0 Å². The molecule has 0 radical (unpaired) electrons. The predicted molar refractivity (Wildman–Crippen MR) is 71.9 cm³/mol. The quantitative estimate of drug-likeness (QED) is 0.926. The van der Waals surface area contributed by atoms with Crippen molar-refractivity contribution in [2.45, 2.75) is 29.7 Å². The number of carbonyl (C=O) groups is 1. The molecule has 0 bridgehead atoms. The number of hydrogen-bond acceptors (Lipinski definition) is 2. The first-order chi connectivity index (χ1) is 9.86. The Morgan fingerprint density at radius 3 is 2.33 bits per heavy atom. The molecule has 2 aliphatic rings. The maximum atomic E-state index is 12.3. The zero-order chi connectivity index (χ0) is 15.2. The Labute approximate surface area is 122 Å². The van der Waals surface area contributed by atoms with Crippen molar-refractivity contribution in [3.8, 4) is 0 Å². The van der Waals surface area contributed by atoms with Crippen molar-refractivity contribution in [2.75, 3.05) is 5.32 Å². The van der Waals surface area contributed by atoms with Crippen LogP contribution in [0.15, 0.2) is 29.2 Å². The van der Waals surface area contributed by atoms with Gasteiger partial charge in [-0.2, -0.15) is 13.2 Å². The monoisotopic (exact) mass is 317 g/mol. The number of halogens is 3. The second-order valence-electron chi connectivity index (χ2n) is 5.57. The SMILES string of the molecule is O=C(Nc1ccc([S@](=O)C(F)(F)F)cc1)[C@@H]1C[C@@H]1C1CC1. The molecule has 1 N–H and O–H groups in total. The Kier molecular flexibility index (Phi) is 3.55. The molecule has 0 saturated heterocycles. The van der Waals surface area contributed by atoms with E-state index in [1.165, 1.54) is 25.0 Å². The summed E-state index contributed by atoms with van der Waals surface area (Å²) in [4.78, 5) is 11.6. The van der Waals surface area contributed by atoms with E-state index in [0.717, 1.165) is 18.6 Å². The van der Waals surface area contributed by atoms with Gasteiger partial charge in [0.05, 0.1) is 0 Å². The van der Waals surface area contributed by atoms with Crippen molar-refractivity contribution in [1.29, 1.82) is 0 Å². The van der Waals surface area contributed by atoms with Crippen LogP contribution in [0.25, 0.3) is 0 Å². The van der Waals surface area contributed by atoms with Crippen LogP contribution in [0, 0.1) is 17.8 Å². The van der Waals surface area contributed by atoms with Gasteiger partial charge < -0.3 is 5.32 Å². The molecule has 0 spiro atoms. The Morgan fingerprint density at radius 2 is 1.81 bits per heavy atom. The van der Waals surface area contributed by atoms with E-state index in [0.29, 0.717) is 17.5 Å². The zero-order valence-corrected chi connectivity index (χ0v) is 11.8. The molecule has 2 saturated carbocycles. The topological polar surface area (TPSA) is 46.2 Å². The van der Waals surface area contributed by atoms with Crippen molar-refractivity contribution >= 4 is 22.4 Å². The van der Waals surface area contributed by atoms with Gasteiger partial charge in [0, 0.05) is 16.5 Å². The predicted octanol–water partition coefficient (Wildman–Crippen LogP) is 3.30. The molecule has 0 heterocycles. The molecule has 1 aromatic carbocycles. The van der Waals surface area contributed by atoms with E-state index >= 15 is 0 Å². The lowest BCUT2D eigenvalue weighted by molar-refractivity contribution is -0.117. The molecular formula is C14H14F3NO2S. The number of hydrogen-bond donors (Lipinski definition) is 1. The van der Waals surface area contributed by atoms with Crippen LogP contribution in [0.3, 0.4) is 0 Å². The smallest absolute Gasteiger partial charge is 0.326 e. The van der Waals surface area contributed by atoms with Crippen molar-refractivity contribution in [3.05, 3.63) is 24.3 Å². The Balaban J connectivity index is 1.59. The minimum Gasteiger partial charge on any atom is -0.326 e. The molecule has 7 heteroatoms. The molecule has 3 rings (SSSR count). The molecular weight excluding hydrogens is 303 g/mol. The number of amides is 1. The molecule has 0 aliphatic heterocycles. The summed E-state index contributed by atoms with van der Waals surface area (Å²) in [6, 6.07) is 4.96. The third-order valence-electron chi connectivity index (χ3n) is 3.95. The maximum Gasteiger partial charge on any atom is 0.475 e. The first-order valence-corrected chi connectivity index (χ1v) is 7.91. The van der Waals surface area contributed by atoms with Gasteiger partial charge in [-0.25, -0.2) is 4.21 Å². The molecule has 0 aromatic heterocycles. The summed E-state index contributed by atoms with van der Waals surface area (Å²) >= 11 is 0. The van der Waals surface area contributed by atoms with Crippen molar-refractivity contribution in [1.82, 2.24) is 0 Å². The Morgan fingerprint density at radius 1 is 1.19 bits per heavy atom. The molecule has 2 fully saturated rings.